The Bertz CT molecular complexity index is 338. The molecule has 1 aliphatic rings. The average molecular weight is 219 g/mol. The predicted octanol–water partition coefficient (Wildman–Crippen LogP) is 2.85. The summed E-state index contributed by atoms with van der Waals surface area (Å²) in [4.78, 5) is 0. The van der Waals surface area contributed by atoms with Gasteiger partial charge in [0.15, 0.2) is 0 Å². The zero-order valence-electron chi connectivity index (χ0n) is 10.2. The number of rotatable bonds is 5. The van der Waals surface area contributed by atoms with E-state index in [1.165, 1.54) is 18.4 Å². The van der Waals surface area contributed by atoms with E-state index in [9.17, 15) is 0 Å². The van der Waals surface area contributed by atoms with Gasteiger partial charge in [0.1, 0.15) is 5.75 Å². The Morgan fingerprint density at radius 3 is 2.38 bits per heavy atom. The van der Waals surface area contributed by atoms with Gasteiger partial charge in [-0.25, -0.2) is 0 Å². The fraction of sp³-hybridized carbons (Fsp3) is 0.571. The highest BCUT2D eigenvalue weighted by Gasteiger charge is 2.24. The molecule has 0 unspecified atom stereocenters. The average Bonchev–Trinajstić information content (AvgIpc) is 3.02. The Morgan fingerprint density at radius 1 is 1.25 bits per heavy atom. The van der Waals surface area contributed by atoms with Crippen LogP contribution in [0.3, 0.4) is 0 Å². The van der Waals surface area contributed by atoms with Crippen LogP contribution < -0.4 is 10.5 Å². The van der Waals surface area contributed by atoms with Crippen molar-refractivity contribution in [1.82, 2.24) is 0 Å². The Labute approximate surface area is 97.8 Å². The van der Waals surface area contributed by atoms with Gasteiger partial charge in [-0.15, -0.1) is 0 Å². The molecule has 1 aliphatic carbocycles. The molecule has 0 saturated heterocycles. The van der Waals surface area contributed by atoms with E-state index < -0.39 is 0 Å². The lowest BCUT2D eigenvalue weighted by molar-refractivity contribution is 0.303. The lowest BCUT2D eigenvalue weighted by Gasteiger charge is -2.24. The Kier molecular flexibility index (Phi) is 3.20. The van der Waals surface area contributed by atoms with Crippen molar-refractivity contribution >= 4 is 0 Å². The maximum absolute atomic E-state index is 5.73. The summed E-state index contributed by atoms with van der Waals surface area (Å²) in [6, 6.07) is 8.47. The highest BCUT2D eigenvalue weighted by molar-refractivity contribution is 5.32. The number of hydrogen-bond donors (Lipinski definition) is 1. The molecular formula is C14H21NO. The molecule has 2 nitrogen and oxygen atoms in total. The molecule has 1 aromatic rings. The molecular weight excluding hydrogens is 198 g/mol. The van der Waals surface area contributed by atoms with Gasteiger partial charge in [-0.3, -0.25) is 0 Å². The van der Waals surface area contributed by atoms with Gasteiger partial charge in [-0.1, -0.05) is 26.0 Å². The van der Waals surface area contributed by atoms with E-state index >= 15 is 0 Å². The van der Waals surface area contributed by atoms with Crippen LogP contribution in [0.25, 0.3) is 0 Å². The van der Waals surface area contributed by atoms with Gasteiger partial charge < -0.3 is 10.5 Å². The van der Waals surface area contributed by atoms with E-state index in [0.29, 0.717) is 6.10 Å². The molecule has 0 bridgehead atoms. The van der Waals surface area contributed by atoms with Crippen molar-refractivity contribution in [3.63, 3.8) is 0 Å². The van der Waals surface area contributed by atoms with Gasteiger partial charge in [0.05, 0.1) is 6.10 Å². The zero-order chi connectivity index (χ0) is 11.6. The normalized spacial score (nSPS) is 16.2. The first kappa shape index (κ1) is 11.5. The van der Waals surface area contributed by atoms with Gasteiger partial charge >= 0.3 is 0 Å². The minimum Gasteiger partial charge on any atom is -0.490 e. The van der Waals surface area contributed by atoms with Crippen LogP contribution in [-0.4, -0.2) is 12.6 Å². The van der Waals surface area contributed by atoms with Crippen LogP contribution in [0.1, 0.15) is 38.7 Å². The SMILES string of the molecule is CC(C)(CCN)c1ccc(OC2CC2)cc1. The summed E-state index contributed by atoms with van der Waals surface area (Å²) in [5, 5.41) is 0. The minimum absolute atomic E-state index is 0.160. The van der Waals surface area contributed by atoms with E-state index in [1.54, 1.807) is 0 Å². The summed E-state index contributed by atoms with van der Waals surface area (Å²) in [6.45, 7) is 5.19. The smallest absolute Gasteiger partial charge is 0.119 e. The molecule has 1 saturated carbocycles. The zero-order valence-corrected chi connectivity index (χ0v) is 10.2. The summed E-state index contributed by atoms with van der Waals surface area (Å²) >= 11 is 0. The second kappa shape index (κ2) is 4.46. The Morgan fingerprint density at radius 2 is 1.88 bits per heavy atom. The maximum Gasteiger partial charge on any atom is 0.119 e. The van der Waals surface area contributed by atoms with Gasteiger partial charge in [0, 0.05) is 0 Å². The number of benzene rings is 1. The molecule has 0 amide bonds. The third-order valence-corrected chi connectivity index (χ3v) is 3.23. The van der Waals surface area contributed by atoms with Crippen LogP contribution in [0.2, 0.25) is 0 Å². The molecule has 16 heavy (non-hydrogen) atoms. The summed E-state index contributed by atoms with van der Waals surface area (Å²) in [7, 11) is 0. The van der Waals surface area contributed by atoms with E-state index in [4.69, 9.17) is 10.5 Å². The Balaban J connectivity index is 2.05. The van der Waals surface area contributed by atoms with Crippen molar-refractivity contribution in [3.05, 3.63) is 29.8 Å². The molecule has 2 heteroatoms. The van der Waals surface area contributed by atoms with Crippen molar-refractivity contribution in [2.24, 2.45) is 5.73 Å². The monoisotopic (exact) mass is 219 g/mol. The topological polar surface area (TPSA) is 35.2 Å². The number of ether oxygens (including phenoxy) is 1. The lowest BCUT2D eigenvalue weighted by atomic mass is 9.82. The van der Waals surface area contributed by atoms with Crippen LogP contribution >= 0.6 is 0 Å². The largest absolute Gasteiger partial charge is 0.490 e. The van der Waals surface area contributed by atoms with Crippen molar-refractivity contribution in [1.29, 1.82) is 0 Å². The molecule has 0 atom stereocenters. The number of hydrogen-bond acceptors (Lipinski definition) is 2. The second-order valence-electron chi connectivity index (χ2n) is 5.26. The summed E-state index contributed by atoms with van der Waals surface area (Å²) < 4.78 is 5.73. The van der Waals surface area contributed by atoms with Crippen LogP contribution in [0.15, 0.2) is 24.3 Å². The summed E-state index contributed by atoms with van der Waals surface area (Å²) in [5.74, 6) is 0.995. The standard InChI is InChI=1S/C14H21NO/c1-14(2,9-10-15)11-3-5-12(6-4-11)16-13-7-8-13/h3-6,13H,7-10,15H2,1-2H3. The van der Waals surface area contributed by atoms with Gasteiger partial charge in [0.2, 0.25) is 0 Å². The Hall–Kier alpha value is -1.02. The van der Waals surface area contributed by atoms with E-state index in [1.807, 2.05) is 0 Å². The molecule has 0 spiro atoms. The van der Waals surface area contributed by atoms with Crippen LogP contribution in [-0.2, 0) is 5.41 Å². The van der Waals surface area contributed by atoms with Gasteiger partial charge in [-0.2, -0.15) is 0 Å². The highest BCUT2D eigenvalue weighted by atomic mass is 16.5. The summed E-state index contributed by atoms with van der Waals surface area (Å²) in [6.07, 6.45) is 3.90. The number of nitrogens with two attached hydrogens (primary N) is 1. The molecule has 0 aliphatic heterocycles. The first-order valence-electron chi connectivity index (χ1n) is 6.09. The molecule has 2 rings (SSSR count). The van der Waals surface area contributed by atoms with Crippen LogP contribution in [0, 0.1) is 0 Å². The predicted molar refractivity (Wildman–Crippen MR) is 66.8 cm³/mol. The fourth-order valence-corrected chi connectivity index (χ4v) is 1.87. The quantitative estimate of drug-likeness (QED) is 0.826. The van der Waals surface area contributed by atoms with E-state index in [-0.39, 0.29) is 5.41 Å². The molecule has 0 heterocycles. The van der Waals surface area contributed by atoms with Gasteiger partial charge in [-0.05, 0) is 48.9 Å². The third-order valence-electron chi connectivity index (χ3n) is 3.23. The van der Waals surface area contributed by atoms with Crippen molar-refractivity contribution < 1.29 is 4.74 Å². The van der Waals surface area contributed by atoms with Crippen molar-refractivity contribution in [3.8, 4) is 5.75 Å². The van der Waals surface area contributed by atoms with Crippen molar-refractivity contribution in [2.45, 2.75) is 44.6 Å². The summed E-state index contributed by atoms with van der Waals surface area (Å²) in [5.41, 5.74) is 7.13. The first-order chi connectivity index (χ1) is 7.62. The lowest BCUT2D eigenvalue weighted by Crippen LogP contribution is -2.21. The first-order valence-corrected chi connectivity index (χ1v) is 6.09. The third kappa shape index (κ3) is 2.76. The maximum atomic E-state index is 5.73. The molecule has 1 fully saturated rings. The molecule has 0 aromatic heterocycles. The minimum atomic E-state index is 0.160. The van der Waals surface area contributed by atoms with E-state index in [0.717, 1.165) is 18.7 Å². The van der Waals surface area contributed by atoms with Crippen LogP contribution in [0.4, 0.5) is 0 Å². The molecule has 0 radical (unpaired) electrons. The molecule has 2 N–H and O–H groups in total. The molecule has 88 valence electrons. The second-order valence-corrected chi connectivity index (χ2v) is 5.26. The van der Waals surface area contributed by atoms with Crippen molar-refractivity contribution in [2.75, 3.05) is 6.54 Å². The molecule has 1 aromatic carbocycles. The van der Waals surface area contributed by atoms with Gasteiger partial charge in [0.25, 0.3) is 0 Å². The van der Waals surface area contributed by atoms with Crippen LogP contribution in [0.5, 0.6) is 5.75 Å². The highest BCUT2D eigenvalue weighted by Crippen LogP contribution is 2.30. The fourth-order valence-electron chi connectivity index (χ4n) is 1.87. The van der Waals surface area contributed by atoms with E-state index in [2.05, 4.69) is 38.1 Å².